The van der Waals surface area contributed by atoms with Crippen LogP contribution >= 0.6 is 22.9 Å². The highest BCUT2D eigenvalue weighted by Gasteiger charge is 2.22. The normalized spacial score (nSPS) is 12.3. The zero-order chi connectivity index (χ0) is 22.7. The van der Waals surface area contributed by atoms with Crippen molar-refractivity contribution in [2.75, 3.05) is 5.32 Å². The number of thiazole rings is 1. The topological polar surface area (TPSA) is 24.9 Å². The van der Waals surface area contributed by atoms with Crippen LogP contribution in [0.1, 0.15) is 67.3 Å². The summed E-state index contributed by atoms with van der Waals surface area (Å²) in [5.41, 5.74) is 7.10. The fourth-order valence-corrected chi connectivity index (χ4v) is 5.09. The van der Waals surface area contributed by atoms with Gasteiger partial charge in [0.15, 0.2) is 0 Å². The molecule has 1 N–H and O–H groups in total. The maximum atomic E-state index is 6.22. The molecule has 0 radical (unpaired) electrons. The molecule has 32 heavy (non-hydrogen) atoms. The number of nitrogens with zero attached hydrogens (tertiary/aromatic N) is 1. The Morgan fingerprint density at radius 1 is 0.812 bits per heavy atom. The maximum Gasteiger partial charge on any atom is 0.120 e. The van der Waals surface area contributed by atoms with Crippen molar-refractivity contribution in [1.29, 1.82) is 0 Å². The molecule has 0 bridgehead atoms. The van der Waals surface area contributed by atoms with Crippen molar-refractivity contribution in [3.63, 3.8) is 0 Å². The van der Waals surface area contributed by atoms with Crippen molar-refractivity contribution < 1.29 is 0 Å². The van der Waals surface area contributed by atoms with Gasteiger partial charge in [0.05, 0.1) is 5.69 Å². The number of aromatic nitrogens is 1. The first-order valence-corrected chi connectivity index (χ1v) is 12.4. The lowest BCUT2D eigenvalue weighted by atomic mass is 9.92. The number of hydrogen-bond acceptors (Lipinski definition) is 3. The third-order valence-electron chi connectivity index (χ3n) is 5.68. The first-order chi connectivity index (χ1) is 15.4. The van der Waals surface area contributed by atoms with Gasteiger partial charge < -0.3 is 5.32 Å². The zero-order valence-corrected chi connectivity index (χ0v) is 20.5. The Labute approximate surface area is 200 Å². The van der Waals surface area contributed by atoms with E-state index in [2.05, 4.69) is 93.0 Å². The Hall–Kier alpha value is -2.62. The molecule has 4 rings (SSSR count). The molecule has 4 aromatic rings. The molecule has 1 heterocycles. The van der Waals surface area contributed by atoms with Crippen molar-refractivity contribution in [3.05, 3.63) is 105 Å². The van der Waals surface area contributed by atoms with Gasteiger partial charge in [0.1, 0.15) is 11.0 Å². The van der Waals surface area contributed by atoms with E-state index in [1.165, 1.54) is 22.4 Å². The van der Waals surface area contributed by atoms with Gasteiger partial charge in [0.25, 0.3) is 0 Å². The standard InChI is InChI=1S/C28H29ClN2S/c1-18(2)23-14-9-15-24(19(3)4)27(23)31-26(20-10-6-5-7-11-20)28-30-25(17-32-28)21-12-8-13-22(29)16-21/h5-19,26,31H,1-4H3. The largest absolute Gasteiger partial charge is 0.372 e. The quantitative estimate of drug-likeness (QED) is 0.297. The number of rotatable bonds is 7. The number of halogens is 1. The molecule has 1 unspecified atom stereocenters. The molecule has 0 fully saturated rings. The first kappa shape index (κ1) is 22.6. The van der Waals surface area contributed by atoms with E-state index in [0.717, 1.165) is 21.3 Å². The number of hydrogen-bond donors (Lipinski definition) is 1. The smallest absolute Gasteiger partial charge is 0.120 e. The van der Waals surface area contributed by atoms with Crippen molar-refractivity contribution in [2.45, 2.75) is 45.6 Å². The van der Waals surface area contributed by atoms with Crippen LogP contribution in [0.3, 0.4) is 0 Å². The van der Waals surface area contributed by atoms with E-state index in [1.54, 1.807) is 11.3 Å². The van der Waals surface area contributed by atoms with E-state index in [9.17, 15) is 0 Å². The number of benzene rings is 3. The van der Waals surface area contributed by atoms with Crippen molar-refractivity contribution in [2.24, 2.45) is 0 Å². The van der Waals surface area contributed by atoms with E-state index in [0.29, 0.717) is 11.8 Å². The van der Waals surface area contributed by atoms with Crippen LogP contribution < -0.4 is 5.32 Å². The molecular formula is C28H29ClN2S. The Balaban J connectivity index is 1.80. The first-order valence-electron chi connectivity index (χ1n) is 11.1. The van der Waals surface area contributed by atoms with E-state index in [-0.39, 0.29) is 6.04 Å². The lowest BCUT2D eigenvalue weighted by Gasteiger charge is -2.26. The molecule has 0 saturated heterocycles. The molecule has 2 nitrogen and oxygen atoms in total. The highest BCUT2D eigenvalue weighted by molar-refractivity contribution is 7.10. The molecule has 4 heteroatoms. The van der Waals surface area contributed by atoms with Crippen LogP contribution in [0, 0.1) is 0 Å². The zero-order valence-electron chi connectivity index (χ0n) is 19.0. The molecule has 0 aliphatic carbocycles. The summed E-state index contributed by atoms with van der Waals surface area (Å²) in [7, 11) is 0. The highest BCUT2D eigenvalue weighted by atomic mass is 35.5. The summed E-state index contributed by atoms with van der Waals surface area (Å²) < 4.78 is 0. The molecule has 1 atom stereocenters. The minimum atomic E-state index is -0.0356. The summed E-state index contributed by atoms with van der Waals surface area (Å²) in [5.74, 6) is 0.844. The summed E-state index contributed by atoms with van der Waals surface area (Å²) in [6.45, 7) is 9.01. The van der Waals surface area contributed by atoms with Crippen molar-refractivity contribution >= 4 is 28.6 Å². The van der Waals surface area contributed by atoms with Crippen LogP contribution in [0.25, 0.3) is 11.3 Å². The molecule has 0 aliphatic rings. The van der Waals surface area contributed by atoms with Gasteiger partial charge in [-0.15, -0.1) is 11.3 Å². The third kappa shape index (κ3) is 4.90. The van der Waals surface area contributed by atoms with E-state index in [1.807, 2.05) is 18.2 Å². The second-order valence-electron chi connectivity index (χ2n) is 8.69. The van der Waals surface area contributed by atoms with Gasteiger partial charge >= 0.3 is 0 Å². The lowest BCUT2D eigenvalue weighted by Crippen LogP contribution is -2.16. The minimum Gasteiger partial charge on any atom is -0.372 e. The predicted octanol–water partition coefficient (Wildman–Crippen LogP) is 8.91. The van der Waals surface area contributed by atoms with Crippen LogP contribution in [0.5, 0.6) is 0 Å². The Morgan fingerprint density at radius 2 is 1.47 bits per heavy atom. The molecule has 0 aliphatic heterocycles. The highest BCUT2D eigenvalue weighted by Crippen LogP contribution is 2.38. The van der Waals surface area contributed by atoms with E-state index >= 15 is 0 Å². The SMILES string of the molecule is CC(C)c1cccc(C(C)C)c1NC(c1ccccc1)c1nc(-c2cccc(Cl)c2)cs1. The van der Waals surface area contributed by atoms with Gasteiger partial charge in [0.2, 0.25) is 0 Å². The molecule has 3 aromatic carbocycles. The van der Waals surface area contributed by atoms with Crippen molar-refractivity contribution in [1.82, 2.24) is 4.98 Å². The summed E-state index contributed by atoms with van der Waals surface area (Å²) in [4.78, 5) is 5.04. The average Bonchev–Trinajstić information content (AvgIpc) is 3.27. The maximum absolute atomic E-state index is 6.22. The Morgan fingerprint density at radius 3 is 2.09 bits per heavy atom. The van der Waals surface area contributed by atoms with Gasteiger partial charge in [-0.2, -0.15) is 0 Å². The van der Waals surface area contributed by atoms with Gasteiger partial charge in [-0.3, -0.25) is 0 Å². The summed E-state index contributed by atoms with van der Waals surface area (Å²) in [5, 5.41) is 7.80. The minimum absolute atomic E-state index is 0.0356. The van der Waals surface area contributed by atoms with Crippen LogP contribution in [0.2, 0.25) is 5.02 Å². The van der Waals surface area contributed by atoms with E-state index < -0.39 is 0 Å². The van der Waals surface area contributed by atoms with Crippen LogP contribution in [-0.4, -0.2) is 4.98 Å². The number of nitrogens with one attached hydrogen (secondary N) is 1. The molecule has 0 amide bonds. The fourth-order valence-electron chi connectivity index (χ4n) is 4.00. The molecule has 0 saturated carbocycles. The fraction of sp³-hybridized carbons (Fsp3) is 0.250. The van der Waals surface area contributed by atoms with Gasteiger partial charge in [-0.1, -0.05) is 100.0 Å². The number of anilines is 1. The lowest BCUT2D eigenvalue weighted by molar-refractivity contribution is 0.820. The summed E-state index contributed by atoms with van der Waals surface area (Å²) in [6.07, 6.45) is 0. The molecular weight excluding hydrogens is 432 g/mol. The monoisotopic (exact) mass is 460 g/mol. The molecule has 1 aromatic heterocycles. The average molecular weight is 461 g/mol. The van der Waals surface area contributed by atoms with Crippen molar-refractivity contribution in [3.8, 4) is 11.3 Å². The Kier molecular flexibility index (Phi) is 6.98. The van der Waals surface area contributed by atoms with Gasteiger partial charge in [-0.25, -0.2) is 4.98 Å². The third-order valence-corrected chi connectivity index (χ3v) is 6.83. The molecule has 0 spiro atoms. The molecule has 164 valence electrons. The van der Waals surface area contributed by atoms with Crippen LogP contribution in [0.15, 0.2) is 78.2 Å². The Bertz CT molecular complexity index is 1150. The van der Waals surface area contributed by atoms with Gasteiger partial charge in [-0.05, 0) is 40.7 Å². The summed E-state index contributed by atoms with van der Waals surface area (Å²) in [6, 6.07) is 25.1. The summed E-state index contributed by atoms with van der Waals surface area (Å²) >= 11 is 7.91. The predicted molar refractivity (Wildman–Crippen MR) is 139 cm³/mol. The van der Waals surface area contributed by atoms with Crippen LogP contribution in [0.4, 0.5) is 5.69 Å². The van der Waals surface area contributed by atoms with Gasteiger partial charge in [0, 0.05) is 21.7 Å². The second kappa shape index (κ2) is 9.89. The second-order valence-corrected chi connectivity index (χ2v) is 10.0. The number of para-hydroxylation sites is 1. The van der Waals surface area contributed by atoms with Crippen LogP contribution in [-0.2, 0) is 0 Å². The van der Waals surface area contributed by atoms with E-state index in [4.69, 9.17) is 16.6 Å².